The van der Waals surface area contributed by atoms with E-state index in [1.807, 2.05) is 11.8 Å². The Morgan fingerprint density at radius 1 is 1.21 bits per heavy atom. The van der Waals surface area contributed by atoms with Crippen LogP contribution < -0.4 is 5.32 Å². The molecule has 1 aromatic rings. The van der Waals surface area contributed by atoms with E-state index in [1.54, 1.807) is 0 Å². The Kier molecular flexibility index (Phi) is 3.02. The van der Waals surface area contributed by atoms with Gasteiger partial charge >= 0.3 is 0 Å². The zero-order chi connectivity index (χ0) is 9.97. The maximum absolute atomic E-state index is 3.60. The van der Waals surface area contributed by atoms with Gasteiger partial charge in [-0.15, -0.1) is 0 Å². The Bertz CT molecular complexity index is 296. The number of rotatable bonds is 2. The Hall–Kier alpha value is -0.630. The molecule has 1 aromatic carbocycles. The lowest BCUT2D eigenvalue weighted by Crippen LogP contribution is -2.18. The van der Waals surface area contributed by atoms with E-state index in [1.165, 1.54) is 34.7 Å². The van der Waals surface area contributed by atoms with Gasteiger partial charge in [-0.05, 0) is 49.3 Å². The van der Waals surface area contributed by atoms with E-state index in [4.69, 9.17) is 0 Å². The monoisotopic (exact) mass is 207 g/mol. The van der Waals surface area contributed by atoms with E-state index < -0.39 is 0 Å². The summed E-state index contributed by atoms with van der Waals surface area (Å²) in [6.45, 7) is 4.31. The second-order valence-corrected chi connectivity index (χ2v) is 5.23. The quantitative estimate of drug-likeness (QED) is 0.799. The maximum Gasteiger partial charge on any atom is 0.0359 e. The van der Waals surface area contributed by atoms with Crippen LogP contribution in [0.15, 0.2) is 18.2 Å². The summed E-state index contributed by atoms with van der Waals surface area (Å²) in [4.78, 5) is 0. The van der Waals surface area contributed by atoms with E-state index in [0.29, 0.717) is 6.04 Å². The Morgan fingerprint density at radius 3 is 2.50 bits per heavy atom. The molecule has 2 rings (SSSR count). The highest BCUT2D eigenvalue weighted by atomic mass is 32.2. The van der Waals surface area contributed by atoms with Gasteiger partial charge in [-0.3, -0.25) is 0 Å². The van der Waals surface area contributed by atoms with Gasteiger partial charge in [0.25, 0.3) is 0 Å². The van der Waals surface area contributed by atoms with Crippen LogP contribution in [-0.4, -0.2) is 17.5 Å². The molecule has 0 unspecified atom stereocenters. The van der Waals surface area contributed by atoms with E-state index in [2.05, 4.69) is 37.4 Å². The van der Waals surface area contributed by atoms with Crippen molar-refractivity contribution in [3.8, 4) is 0 Å². The third-order valence-electron chi connectivity index (χ3n) is 2.52. The van der Waals surface area contributed by atoms with Gasteiger partial charge in [-0.1, -0.05) is 6.07 Å². The van der Waals surface area contributed by atoms with Gasteiger partial charge < -0.3 is 5.32 Å². The fraction of sp³-hybridized carbons (Fsp3) is 0.500. The zero-order valence-corrected chi connectivity index (χ0v) is 9.66. The molecule has 0 saturated carbocycles. The zero-order valence-electron chi connectivity index (χ0n) is 8.84. The number of anilines is 1. The highest BCUT2D eigenvalue weighted by Crippen LogP contribution is 2.22. The first-order valence-corrected chi connectivity index (χ1v) is 6.32. The highest BCUT2D eigenvalue weighted by molar-refractivity contribution is 7.99. The molecule has 1 heterocycles. The topological polar surface area (TPSA) is 12.0 Å². The second kappa shape index (κ2) is 4.26. The summed E-state index contributed by atoms with van der Waals surface area (Å²) in [6, 6.07) is 7.36. The number of hydrogen-bond donors (Lipinski definition) is 1. The smallest absolute Gasteiger partial charge is 0.0359 e. The van der Waals surface area contributed by atoms with Crippen molar-refractivity contribution < 1.29 is 0 Å². The molecule has 1 aliphatic rings. The van der Waals surface area contributed by atoms with E-state index >= 15 is 0 Å². The summed E-state index contributed by atoms with van der Waals surface area (Å²) >= 11 is 2.05. The highest BCUT2D eigenvalue weighted by Gasteiger charge is 2.14. The molecule has 0 bridgehead atoms. The van der Waals surface area contributed by atoms with E-state index in [0.717, 1.165) is 0 Å². The van der Waals surface area contributed by atoms with Gasteiger partial charge in [-0.25, -0.2) is 0 Å². The van der Waals surface area contributed by atoms with Gasteiger partial charge in [0, 0.05) is 17.5 Å². The maximum atomic E-state index is 3.60. The number of hydrogen-bond acceptors (Lipinski definition) is 2. The van der Waals surface area contributed by atoms with Crippen LogP contribution >= 0.6 is 11.8 Å². The molecule has 2 heteroatoms. The minimum absolute atomic E-state index is 0.682. The molecule has 76 valence electrons. The van der Waals surface area contributed by atoms with Crippen LogP contribution in [0.25, 0.3) is 0 Å². The van der Waals surface area contributed by atoms with Crippen molar-refractivity contribution >= 4 is 17.4 Å². The van der Waals surface area contributed by atoms with E-state index in [9.17, 15) is 0 Å². The predicted molar refractivity (Wildman–Crippen MR) is 65.3 cm³/mol. The molecule has 1 N–H and O–H groups in total. The average Bonchev–Trinajstić information content (AvgIpc) is 2.54. The Labute approximate surface area is 90.3 Å². The fourth-order valence-electron chi connectivity index (χ4n) is 1.94. The summed E-state index contributed by atoms with van der Waals surface area (Å²) in [5.41, 5.74) is 3.98. The number of nitrogens with one attached hydrogen (secondary N) is 1. The van der Waals surface area contributed by atoms with Crippen LogP contribution in [0.5, 0.6) is 0 Å². The van der Waals surface area contributed by atoms with Crippen molar-refractivity contribution in [2.75, 3.05) is 16.8 Å². The molecule has 1 aliphatic heterocycles. The Balaban J connectivity index is 2.07. The average molecular weight is 207 g/mol. The Morgan fingerprint density at radius 2 is 1.93 bits per heavy atom. The lowest BCUT2D eigenvalue weighted by Gasteiger charge is -2.14. The molecule has 14 heavy (non-hydrogen) atoms. The van der Waals surface area contributed by atoms with Crippen LogP contribution in [0.2, 0.25) is 0 Å². The fourth-order valence-corrected chi connectivity index (χ4v) is 3.09. The van der Waals surface area contributed by atoms with Crippen LogP contribution in [-0.2, 0) is 0 Å². The molecule has 0 spiro atoms. The number of benzene rings is 1. The molecule has 0 aliphatic carbocycles. The normalized spacial score (nSPS) is 21.1. The largest absolute Gasteiger partial charge is 0.381 e. The molecule has 0 aromatic heterocycles. The van der Waals surface area contributed by atoms with Gasteiger partial charge in [0.15, 0.2) is 0 Å². The number of thioether (sulfide) groups is 1. The van der Waals surface area contributed by atoms with Crippen molar-refractivity contribution in [3.05, 3.63) is 29.3 Å². The molecular weight excluding hydrogens is 190 g/mol. The molecule has 0 radical (unpaired) electrons. The van der Waals surface area contributed by atoms with Gasteiger partial charge in [0.05, 0.1) is 0 Å². The van der Waals surface area contributed by atoms with E-state index in [-0.39, 0.29) is 0 Å². The summed E-state index contributed by atoms with van der Waals surface area (Å²) in [7, 11) is 0. The molecule has 1 atom stereocenters. The summed E-state index contributed by atoms with van der Waals surface area (Å²) in [5.74, 6) is 2.56. The van der Waals surface area contributed by atoms with Crippen molar-refractivity contribution in [2.45, 2.75) is 26.3 Å². The molecule has 1 saturated heterocycles. The summed E-state index contributed by atoms with van der Waals surface area (Å²) in [6.07, 6.45) is 1.30. The first-order chi connectivity index (χ1) is 6.74. The van der Waals surface area contributed by atoms with Crippen molar-refractivity contribution in [2.24, 2.45) is 0 Å². The van der Waals surface area contributed by atoms with Gasteiger partial charge in [0.1, 0.15) is 0 Å². The first kappa shape index (κ1) is 9.91. The molecular formula is C12H17NS. The standard InChI is InChI=1S/C12H17NS/c1-9-5-10(2)7-12(6-9)13-11-3-4-14-8-11/h5-7,11,13H,3-4,8H2,1-2H3/t11-/m1/s1. The molecule has 1 nitrogen and oxygen atoms in total. The van der Waals surface area contributed by atoms with Crippen molar-refractivity contribution in [3.63, 3.8) is 0 Å². The summed E-state index contributed by atoms with van der Waals surface area (Å²) < 4.78 is 0. The van der Waals surface area contributed by atoms with Crippen LogP contribution in [0.4, 0.5) is 5.69 Å². The molecule has 0 amide bonds. The van der Waals surface area contributed by atoms with Crippen LogP contribution in [0.1, 0.15) is 17.5 Å². The minimum atomic E-state index is 0.682. The third kappa shape index (κ3) is 2.44. The predicted octanol–water partition coefficient (Wildman–Crippen LogP) is 3.22. The van der Waals surface area contributed by atoms with Crippen LogP contribution in [0, 0.1) is 13.8 Å². The number of aryl methyl sites for hydroxylation is 2. The minimum Gasteiger partial charge on any atom is -0.381 e. The molecule has 1 fully saturated rings. The van der Waals surface area contributed by atoms with Crippen molar-refractivity contribution in [1.29, 1.82) is 0 Å². The second-order valence-electron chi connectivity index (χ2n) is 4.08. The van der Waals surface area contributed by atoms with Gasteiger partial charge in [0.2, 0.25) is 0 Å². The van der Waals surface area contributed by atoms with Crippen molar-refractivity contribution in [1.82, 2.24) is 0 Å². The lowest BCUT2D eigenvalue weighted by molar-refractivity contribution is 0.813. The van der Waals surface area contributed by atoms with Crippen LogP contribution in [0.3, 0.4) is 0 Å². The third-order valence-corrected chi connectivity index (χ3v) is 3.68. The summed E-state index contributed by atoms with van der Waals surface area (Å²) in [5, 5.41) is 3.60. The first-order valence-electron chi connectivity index (χ1n) is 5.16. The lowest BCUT2D eigenvalue weighted by atomic mass is 10.1. The SMILES string of the molecule is Cc1cc(C)cc(N[C@@H]2CCSC2)c1. The van der Waals surface area contributed by atoms with Gasteiger partial charge in [-0.2, -0.15) is 11.8 Å².